The largest absolute Gasteiger partial charge is 0.281 e. The topological polar surface area (TPSA) is 17.1 Å². The summed E-state index contributed by atoms with van der Waals surface area (Å²) >= 11 is 4.97. The number of carbonyl (C=O) groups is 1. The quantitative estimate of drug-likeness (QED) is 0.506. The van der Waals surface area contributed by atoms with Gasteiger partial charge in [0.25, 0.3) is 0 Å². The Bertz CT molecular complexity index is 59.5. The zero-order chi connectivity index (χ0) is 7.15. The molecular formula is C6H13ClO. The Labute approximate surface area is 56.0 Å². The molecule has 0 saturated heterocycles. The van der Waals surface area contributed by atoms with Crippen molar-refractivity contribution in [3.63, 3.8) is 0 Å². The number of carbonyl (C=O) groups excluding carboxylic acids is 1. The van der Waals surface area contributed by atoms with E-state index in [-0.39, 0.29) is 11.2 Å². The minimum atomic E-state index is -0.269. The van der Waals surface area contributed by atoms with Crippen molar-refractivity contribution in [2.75, 3.05) is 0 Å². The molecule has 0 atom stereocenters. The molecule has 0 aromatic carbocycles. The van der Waals surface area contributed by atoms with E-state index >= 15 is 0 Å². The third kappa shape index (κ3) is 9.35. The molecule has 0 aliphatic heterocycles. The highest BCUT2D eigenvalue weighted by Gasteiger charge is 1.98. The molecule has 0 bridgehead atoms. The zero-order valence-corrected chi connectivity index (χ0v) is 6.62. The van der Waals surface area contributed by atoms with Crippen LogP contribution >= 0.6 is 11.6 Å². The number of halogens is 1. The molecule has 0 N–H and O–H groups in total. The Morgan fingerprint density at radius 2 is 1.50 bits per heavy atom. The molecule has 2 heteroatoms. The Kier molecular flexibility index (Phi) is 9.44. The lowest BCUT2D eigenvalue weighted by molar-refractivity contribution is -0.114. The lowest BCUT2D eigenvalue weighted by atomic mass is 10.3. The van der Waals surface area contributed by atoms with Gasteiger partial charge in [-0.05, 0) is 11.6 Å². The molecule has 0 saturated carbocycles. The van der Waals surface area contributed by atoms with Gasteiger partial charge in [0, 0.05) is 5.92 Å². The molecule has 0 aliphatic carbocycles. The van der Waals surface area contributed by atoms with Gasteiger partial charge in [0.2, 0.25) is 5.24 Å². The maximum Gasteiger partial charge on any atom is 0.224 e. The minimum Gasteiger partial charge on any atom is -0.281 e. The maximum absolute atomic E-state index is 9.91. The van der Waals surface area contributed by atoms with Crippen LogP contribution in [-0.2, 0) is 4.79 Å². The van der Waals surface area contributed by atoms with Crippen LogP contribution in [0.4, 0.5) is 0 Å². The summed E-state index contributed by atoms with van der Waals surface area (Å²) < 4.78 is 0. The Hall–Kier alpha value is -0.0400. The van der Waals surface area contributed by atoms with Crippen LogP contribution in [0.2, 0.25) is 0 Å². The fourth-order valence-corrected chi connectivity index (χ4v) is 0. The molecule has 0 aliphatic rings. The van der Waals surface area contributed by atoms with E-state index in [0.717, 1.165) is 0 Å². The van der Waals surface area contributed by atoms with Crippen molar-refractivity contribution >= 4 is 16.8 Å². The minimum absolute atomic E-state index is 0.0216. The summed E-state index contributed by atoms with van der Waals surface area (Å²) in [5.41, 5.74) is 0. The second kappa shape index (κ2) is 6.96. The van der Waals surface area contributed by atoms with Gasteiger partial charge >= 0.3 is 0 Å². The molecule has 1 nitrogen and oxygen atoms in total. The van der Waals surface area contributed by atoms with Crippen LogP contribution in [-0.4, -0.2) is 5.24 Å². The van der Waals surface area contributed by atoms with E-state index in [9.17, 15) is 4.79 Å². The van der Waals surface area contributed by atoms with Gasteiger partial charge in [-0.2, -0.15) is 0 Å². The van der Waals surface area contributed by atoms with E-state index in [4.69, 9.17) is 11.6 Å². The Balaban J connectivity index is 0. The van der Waals surface area contributed by atoms with Crippen LogP contribution in [0.3, 0.4) is 0 Å². The first-order chi connectivity index (χ1) is 3.64. The standard InChI is InChI=1S/C4H7ClO.C2H6/c1-3(2)4(5)6;1-2/h3H,1-2H3;1-2H3. The molecule has 0 radical (unpaired) electrons. The molecule has 8 heavy (non-hydrogen) atoms. The van der Waals surface area contributed by atoms with Crippen LogP contribution in [0.5, 0.6) is 0 Å². The molecule has 0 heterocycles. The van der Waals surface area contributed by atoms with Crippen molar-refractivity contribution in [2.45, 2.75) is 27.7 Å². The highest BCUT2D eigenvalue weighted by molar-refractivity contribution is 6.63. The van der Waals surface area contributed by atoms with Gasteiger partial charge in [-0.1, -0.05) is 27.7 Å². The summed E-state index contributed by atoms with van der Waals surface area (Å²) in [5.74, 6) is -0.0216. The second-order valence-electron chi connectivity index (χ2n) is 1.46. The Morgan fingerprint density at radius 1 is 1.38 bits per heavy atom. The van der Waals surface area contributed by atoms with E-state index in [1.807, 2.05) is 13.8 Å². The highest BCUT2D eigenvalue weighted by Crippen LogP contribution is 1.95. The molecule has 0 unspecified atom stereocenters. The third-order valence-corrected chi connectivity index (χ3v) is 0.890. The van der Waals surface area contributed by atoms with Gasteiger partial charge in [-0.3, -0.25) is 4.79 Å². The summed E-state index contributed by atoms with van der Waals surface area (Å²) in [7, 11) is 0. The van der Waals surface area contributed by atoms with E-state index in [2.05, 4.69) is 0 Å². The van der Waals surface area contributed by atoms with E-state index in [0.29, 0.717) is 0 Å². The average molecular weight is 137 g/mol. The predicted molar refractivity (Wildman–Crippen MR) is 37.0 cm³/mol. The van der Waals surface area contributed by atoms with Crippen molar-refractivity contribution in [3.8, 4) is 0 Å². The molecule has 0 amide bonds. The highest BCUT2D eigenvalue weighted by atomic mass is 35.5. The number of hydrogen-bond donors (Lipinski definition) is 0. The van der Waals surface area contributed by atoms with Crippen LogP contribution in [0.25, 0.3) is 0 Å². The van der Waals surface area contributed by atoms with Gasteiger partial charge in [-0.15, -0.1) is 0 Å². The lowest BCUT2D eigenvalue weighted by Gasteiger charge is -1.88. The first-order valence-corrected chi connectivity index (χ1v) is 3.21. The van der Waals surface area contributed by atoms with Crippen LogP contribution in [0.1, 0.15) is 27.7 Å². The second-order valence-corrected chi connectivity index (χ2v) is 1.83. The number of hydrogen-bond acceptors (Lipinski definition) is 1. The van der Waals surface area contributed by atoms with E-state index in [1.54, 1.807) is 13.8 Å². The summed E-state index contributed by atoms with van der Waals surface area (Å²) in [5, 5.41) is -0.269. The van der Waals surface area contributed by atoms with Gasteiger partial charge in [0.1, 0.15) is 0 Å². The molecule has 0 fully saturated rings. The summed E-state index contributed by atoms with van der Waals surface area (Å²) in [6.45, 7) is 7.52. The zero-order valence-electron chi connectivity index (χ0n) is 5.86. The first-order valence-electron chi connectivity index (χ1n) is 2.84. The van der Waals surface area contributed by atoms with Gasteiger partial charge < -0.3 is 0 Å². The molecule has 0 spiro atoms. The predicted octanol–water partition coefficient (Wildman–Crippen LogP) is 2.43. The summed E-state index contributed by atoms with van der Waals surface area (Å²) in [4.78, 5) is 9.91. The fraction of sp³-hybridized carbons (Fsp3) is 0.833. The average Bonchev–Trinajstić information content (AvgIpc) is 1.72. The van der Waals surface area contributed by atoms with Crippen molar-refractivity contribution in [3.05, 3.63) is 0 Å². The summed E-state index contributed by atoms with van der Waals surface area (Å²) in [6.07, 6.45) is 0. The van der Waals surface area contributed by atoms with Crippen molar-refractivity contribution < 1.29 is 4.79 Å². The monoisotopic (exact) mass is 136 g/mol. The third-order valence-electron chi connectivity index (χ3n) is 0.454. The Morgan fingerprint density at radius 3 is 1.50 bits per heavy atom. The lowest BCUT2D eigenvalue weighted by Crippen LogP contribution is -1.95. The van der Waals surface area contributed by atoms with Crippen LogP contribution in [0.15, 0.2) is 0 Å². The first kappa shape index (κ1) is 10.9. The van der Waals surface area contributed by atoms with Crippen LogP contribution in [0, 0.1) is 5.92 Å². The SMILES string of the molecule is CC.CC(C)C(=O)Cl. The van der Waals surface area contributed by atoms with Gasteiger partial charge in [0.15, 0.2) is 0 Å². The van der Waals surface area contributed by atoms with E-state index < -0.39 is 0 Å². The molecule has 0 aromatic rings. The normalized spacial score (nSPS) is 7.75. The van der Waals surface area contributed by atoms with Gasteiger partial charge in [0.05, 0.1) is 0 Å². The number of rotatable bonds is 1. The molecule has 0 rings (SSSR count). The van der Waals surface area contributed by atoms with Crippen molar-refractivity contribution in [1.29, 1.82) is 0 Å². The fourth-order valence-electron chi connectivity index (χ4n) is 0. The molecule has 0 aromatic heterocycles. The summed E-state index contributed by atoms with van der Waals surface area (Å²) in [6, 6.07) is 0. The van der Waals surface area contributed by atoms with Crippen LogP contribution < -0.4 is 0 Å². The molecule has 50 valence electrons. The molecular weight excluding hydrogens is 124 g/mol. The smallest absolute Gasteiger partial charge is 0.224 e. The maximum atomic E-state index is 9.91. The van der Waals surface area contributed by atoms with Crippen molar-refractivity contribution in [2.24, 2.45) is 5.92 Å². The van der Waals surface area contributed by atoms with E-state index in [1.165, 1.54) is 0 Å². The van der Waals surface area contributed by atoms with Crippen molar-refractivity contribution in [1.82, 2.24) is 0 Å². The van der Waals surface area contributed by atoms with Gasteiger partial charge in [-0.25, -0.2) is 0 Å².